The van der Waals surface area contributed by atoms with E-state index < -0.39 is 22.0 Å². The van der Waals surface area contributed by atoms with Crippen LogP contribution >= 0.6 is 23.2 Å². The van der Waals surface area contributed by atoms with Crippen molar-refractivity contribution in [2.45, 2.75) is 30.8 Å². The maximum absolute atomic E-state index is 12.8. The number of nitrogens with zero attached hydrogens (tertiary/aromatic N) is 4. The Balaban J connectivity index is 1.65. The zero-order valence-electron chi connectivity index (χ0n) is 16.5. The lowest BCUT2D eigenvalue weighted by atomic mass is 9.96. The van der Waals surface area contributed by atoms with E-state index in [4.69, 9.17) is 23.2 Å². The monoisotopic (exact) mass is 469 g/mol. The number of halogens is 2. The fraction of sp³-hybridized carbons (Fsp3) is 0.421. The average molecular weight is 470 g/mol. The molecule has 1 atom stereocenters. The molecule has 1 N–H and O–H groups in total. The minimum atomic E-state index is -3.71. The van der Waals surface area contributed by atoms with E-state index in [0.29, 0.717) is 29.3 Å². The third kappa shape index (κ3) is 4.47. The minimum Gasteiger partial charge on any atom is -0.337 e. The molecule has 1 aromatic heterocycles. The molecule has 1 aliphatic rings. The van der Waals surface area contributed by atoms with Gasteiger partial charge in [0.1, 0.15) is 11.9 Å². The van der Waals surface area contributed by atoms with Gasteiger partial charge in [0, 0.05) is 37.8 Å². The van der Waals surface area contributed by atoms with E-state index >= 15 is 0 Å². The van der Waals surface area contributed by atoms with Crippen molar-refractivity contribution < 1.29 is 13.2 Å². The first-order chi connectivity index (χ1) is 14.1. The van der Waals surface area contributed by atoms with Crippen molar-refractivity contribution in [2.75, 3.05) is 13.1 Å². The Kier molecular flexibility index (Phi) is 6.72. The summed E-state index contributed by atoms with van der Waals surface area (Å²) in [5.41, 5.74) is 0.422. The van der Waals surface area contributed by atoms with Crippen LogP contribution in [0.2, 0.25) is 10.0 Å². The lowest BCUT2D eigenvalue weighted by molar-refractivity contribution is -0.126. The highest BCUT2D eigenvalue weighted by Crippen LogP contribution is 2.30. The quantitative estimate of drug-likeness (QED) is 0.723. The SMILES string of the molecule is Cc1nc(S(=O)(=O)N2CCC(C(=O)NC(C#N)c3cccc(Cl)c3Cl)CC2)cn1C. The first-order valence-electron chi connectivity index (χ1n) is 9.29. The van der Waals surface area contributed by atoms with Crippen LogP contribution in [-0.4, -0.2) is 41.3 Å². The van der Waals surface area contributed by atoms with E-state index in [1.54, 1.807) is 36.7 Å². The summed E-state index contributed by atoms with van der Waals surface area (Å²) in [6.45, 7) is 2.13. The van der Waals surface area contributed by atoms with Gasteiger partial charge in [-0.1, -0.05) is 35.3 Å². The highest BCUT2D eigenvalue weighted by Gasteiger charge is 2.34. The Morgan fingerprint density at radius 2 is 2.00 bits per heavy atom. The van der Waals surface area contributed by atoms with E-state index in [1.807, 2.05) is 6.07 Å². The molecule has 1 saturated heterocycles. The largest absolute Gasteiger partial charge is 0.337 e. The number of nitriles is 1. The number of rotatable bonds is 5. The number of carbonyl (C=O) groups is 1. The lowest BCUT2D eigenvalue weighted by Crippen LogP contribution is -2.43. The molecule has 2 aromatic rings. The number of hydrogen-bond acceptors (Lipinski definition) is 5. The van der Waals surface area contributed by atoms with E-state index in [0.717, 1.165) is 0 Å². The molecule has 0 bridgehead atoms. The Bertz CT molecular complexity index is 1080. The number of benzene rings is 1. The first kappa shape index (κ1) is 22.6. The van der Waals surface area contributed by atoms with Crippen LogP contribution in [0.4, 0.5) is 0 Å². The van der Waals surface area contributed by atoms with Crippen LogP contribution in [-0.2, 0) is 21.9 Å². The summed E-state index contributed by atoms with van der Waals surface area (Å²) in [6.07, 6.45) is 2.17. The van der Waals surface area contributed by atoms with Gasteiger partial charge in [-0.25, -0.2) is 13.4 Å². The van der Waals surface area contributed by atoms with E-state index in [-0.39, 0.29) is 29.0 Å². The molecule has 8 nitrogen and oxygen atoms in total. The van der Waals surface area contributed by atoms with Crippen molar-refractivity contribution in [1.29, 1.82) is 5.26 Å². The number of imidazole rings is 1. The maximum Gasteiger partial charge on any atom is 0.262 e. The number of aryl methyl sites for hydroxylation is 2. The fourth-order valence-corrected chi connectivity index (χ4v) is 5.24. The number of amides is 1. The number of sulfonamides is 1. The molecule has 0 saturated carbocycles. The standard InChI is InChI=1S/C19H21Cl2N5O3S/c1-12-23-17(11-25(12)2)30(28,29)26-8-6-13(7-9-26)19(27)24-16(10-22)14-4-3-5-15(20)18(14)21/h3-5,11,13,16H,6-9H2,1-2H3,(H,24,27). The Morgan fingerprint density at radius 3 is 2.57 bits per heavy atom. The van der Waals surface area contributed by atoms with Gasteiger partial charge in [0.15, 0.2) is 5.03 Å². The van der Waals surface area contributed by atoms with Crippen LogP contribution in [0.15, 0.2) is 29.4 Å². The number of aromatic nitrogens is 2. The molecule has 11 heteroatoms. The summed E-state index contributed by atoms with van der Waals surface area (Å²) in [4.78, 5) is 16.8. The van der Waals surface area contributed by atoms with Crippen molar-refractivity contribution >= 4 is 39.1 Å². The number of piperidine rings is 1. The van der Waals surface area contributed by atoms with Crippen LogP contribution in [0.3, 0.4) is 0 Å². The molecule has 0 aliphatic carbocycles. The minimum absolute atomic E-state index is 0.00513. The summed E-state index contributed by atoms with van der Waals surface area (Å²) in [5, 5.41) is 12.7. The molecule has 1 amide bonds. The zero-order chi connectivity index (χ0) is 22.1. The summed E-state index contributed by atoms with van der Waals surface area (Å²) >= 11 is 12.2. The maximum atomic E-state index is 12.8. The molecule has 1 unspecified atom stereocenters. The highest BCUT2D eigenvalue weighted by molar-refractivity contribution is 7.89. The summed E-state index contributed by atoms with van der Waals surface area (Å²) < 4.78 is 28.6. The Hall–Kier alpha value is -2.12. The van der Waals surface area contributed by atoms with Gasteiger partial charge in [0.2, 0.25) is 5.91 Å². The van der Waals surface area contributed by atoms with E-state index in [1.165, 1.54) is 10.5 Å². The predicted molar refractivity (Wildman–Crippen MR) is 112 cm³/mol. The third-order valence-corrected chi connectivity index (χ3v) is 7.83. The molecular weight excluding hydrogens is 449 g/mol. The molecule has 0 spiro atoms. The van der Waals surface area contributed by atoms with Crippen LogP contribution in [0, 0.1) is 24.2 Å². The molecule has 1 aliphatic heterocycles. The van der Waals surface area contributed by atoms with Gasteiger partial charge < -0.3 is 9.88 Å². The average Bonchev–Trinajstić information content (AvgIpc) is 3.07. The molecule has 0 radical (unpaired) electrons. The highest BCUT2D eigenvalue weighted by atomic mass is 35.5. The molecule has 3 rings (SSSR count). The van der Waals surface area contributed by atoms with Crippen molar-refractivity contribution in [1.82, 2.24) is 19.2 Å². The zero-order valence-corrected chi connectivity index (χ0v) is 18.8. The number of hydrogen-bond donors (Lipinski definition) is 1. The van der Waals surface area contributed by atoms with Gasteiger partial charge in [-0.15, -0.1) is 0 Å². The fourth-order valence-electron chi connectivity index (χ4n) is 3.32. The van der Waals surface area contributed by atoms with Gasteiger partial charge in [0.25, 0.3) is 10.0 Å². The van der Waals surface area contributed by atoms with Gasteiger partial charge in [-0.05, 0) is 25.8 Å². The van der Waals surface area contributed by atoms with Gasteiger partial charge in [-0.2, -0.15) is 9.57 Å². The normalized spacial score (nSPS) is 16.8. The molecule has 1 aromatic carbocycles. The predicted octanol–water partition coefficient (Wildman–Crippen LogP) is 2.82. The molecule has 160 valence electrons. The van der Waals surface area contributed by atoms with Gasteiger partial charge in [0.05, 0.1) is 16.1 Å². The number of carbonyl (C=O) groups excluding carboxylic acids is 1. The smallest absolute Gasteiger partial charge is 0.262 e. The van der Waals surface area contributed by atoms with Crippen molar-refractivity contribution in [2.24, 2.45) is 13.0 Å². The first-order valence-corrected chi connectivity index (χ1v) is 11.5. The van der Waals surface area contributed by atoms with E-state index in [2.05, 4.69) is 10.3 Å². The second kappa shape index (κ2) is 8.94. The van der Waals surface area contributed by atoms with Crippen LogP contribution in [0.5, 0.6) is 0 Å². The summed E-state index contributed by atoms with van der Waals surface area (Å²) in [5.74, 6) is -0.121. The van der Waals surface area contributed by atoms with Gasteiger partial charge >= 0.3 is 0 Å². The molecular formula is C19H21Cl2N5O3S. The summed E-state index contributed by atoms with van der Waals surface area (Å²) in [7, 11) is -1.98. The third-order valence-electron chi connectivity index (χ3n) is 5.22. The molecule has 30 heavy (non-hydrogen) atoms. The van der Waals surface area contributed by atoms with Crippen molar-refractivity contribution in [3.05, 3.63) is 45.8 Å². The topological polar surface area (TPSA) is 108 Å². The van der Waals surface area contributed by atoms with Crippen LogP contribution < -0.4 is 5.32 Å². The van der Waals surface area contributed by atoms with Crippen LogP contribution in [0.25, 0.3) is 0 Å². The molecule has 2 heterocycles. The molecule has 1 fully saturated rings. The lowest BCUT2D eigenvalue weighted by Gasteiger charge is -2.30. The van der Waals surface area contributed by atoms with E-state index in [9.17, 15) is 18.5 Å². The number of nitrogens with one attached hydrogen (secondary N) is 1. The van der Waals surface area contributed by atoms with Crippen molar-refractivity contribution in [3.8, 4) is 6.07 Å². The second-order valence-electron chi connectivity index (χ2n) is 7.13. The summed E-state index contributed by atoms with van der Waals surface area (Å²) in [6, 6.07) is 5.97. The van der Waals surface area contributed by atoms with Crippen molar-refractivity contribution in [3.63, 3.8) is 0 Å². The second-order valence-corrected chi connectivity index (χ2v) is 9.80. The van der Waals surface area contributed by atoms with Gasteiger partial charge in [-0.3, -0.25) is 4.79 Å². The van der Waals surface area contributed by atoms with Crippen LogP contribution in [0.1, 0.15) is 30.3 Å². The Labute approximate surface area is 185 Å². The Morgan fingerprint density at radius 1 is 1.33 bits per heavy atom.